The molecule has 3 rings (SSSR count). The number of aromatic nitrogens is 3. The van der Waals surface area contributed by atoms with Gasteiger partial charge < -0.3 is 9.64 Å². The molecule has 0 saturated carbocycles. The van der Waals surface area contributed by atoms with Crippen molar-refractivity contribution in [3.05, 3.63) is 34.2 Å². The third-order valence-electron chi connectivity index (χ3n) is 3.74. The molecule has 1 N–H and O–H groups in total. The van der Waals surface area contributed by atoms with Gasteiger partial charge in [0, 0.05) is 25.1 Å². The van der Waals surface area contributed by atoms with Crippen LogP contribution in [0, 0.1) is 6.92 Å². The highest BCUT2D eigenvalue weighted by atomic mass is 32.1. The fourth-order valence-electron chi connectivity index (χ4n) is 2.72. The van der Waals surface area contributed by atoms with Crippen LogP contribution in [0.2, 0.25) is 0 Å². The van der Waals surface area contributed by atoms with Gasteiger partial charge in [-0.3, -0.25) is 5.32 Å². The van der Waals surface area contributed by atoms with Crippen LogP contribution in [0.5, 0.6) is 0 Å². The number of likely N-dealkylation sites (tertiary alicyclic amines) is 1. The zero-order valence-corrected chi connectivity index (χ0v) is 14.0. The second-order valence-electron chi connectivity index (χ2n) is 5.40. The van der Waals surface area contributed by atoms with Crippen molar-refractivity contribution < 1.29 is 9.53 Å². The monoisotopic (exact) mass is 333 g/mol. The van der Waals surface area contributed by atoms with Gasteiger partial charge in [-0.2, -0.15) is 0 Å². The third kappa shape index (κ3) is 3.65. The molecular formula is C15H19N5O2S. The first kappa shape index (κ1) is 15.8. The molecular weight excluding hydrogens is 314 g/mol. The summed E-state index contributed by atoms with van der Waals surface area (Å²) in [6, 6.07) is 1.61. The third-order valence-corrected chi connectivity index (χ3v) is 4.53. The number of hydrogen-bond donors (Lipinski definition) is 1. The van der Waals surface area contributed by atoms with Crippen LogP contribution < -0.4 is 5.32 Å². The zero-order chi connectivity index (χ0) is 16.2. The molecule has 8 heteroatoms. The molecule has 1 saturated heterocycles. The van der Waals surface area contributed by atoms with Gasteiger partial charge in [0.25, 0.3) is 0 Å². The van der Waals surface area contributed by atoms with Gasteiger partial charge in [-0.25, -0.2) is 19.7 Å². The minimum Gasteiger partial charge on any atom is -0.378 e. The molecule has 1 aliphatic heterocycles. The first-order chi connectivity index (χ1) is 11.2. The number of amides is 2. The summed E-state index contributed by atoms with van der Waals surface area (Å²) in [5.41, 5.74) is 1.70. The number of anilines is 1. The summed E-state index contributed by atoms with van der Waals surface area (Å²) in [4.78, 5) is 27.1. The highest BCUT2D eigenvalue weighted by Gasteiger charge is 2.31. The Morgan fingerprint density at radius 2 is 2.39 bits per heavy atom. The second-order valence-corrected chi connectivity index (χ2v) is 6.46. The van der Waals surface area contributed by atoms with Crippen LogP contribution in [0.1, 0.15) is 35.3 Å². The summed E-state index contributed by atoms with van der Waals surface area (Å²) in [6.45, 7) is 3.09. The number of carbonyl (C=O) groups is 1. The molecule has 1 fully saturated rings. The minimum absolute atomic E-state index is 0.0419. The normalized spacial score (nSPS) is 17.5. The van der Waals surface area contributed by atoms with Gasteiger partial charge in [0.05, 0.1) is 29.0 Å². The van der Waals surface area contributed by atoms with Crippen molar-refractivity contribution in [2.45, 2.75) is 32.4 Å². The van der Waals surface area contributed by atoms with Crippen molar-refractivity contribution in [1.29, 1.82) is 0 Å². The smallest absolute Gasteiger partial charge is 0.323 e. The Morgan fingerprint density at radius 3 is 3.13 bits per heavy atom. The maximum Gasteiger partial charge on any atom is 0.323 e. The molecule has 2 aromatic rings. The molecule has 1 aliphatic rings. The molecule has 0 radical (unpaired) electrons. The van der Waals surface area contributed by atoms with Crippen LogP contribution >= 0.6 is 11.3 Å². The van der Waals surface area contributed by atoms with E-state index in [1.807, 2.05) is 17.2 Å². The largest absolute Gasteiger partial charge is 0.378 e. The van der Waals surface area contributed by atoms with Gasteiger partial charge in [-0.15, -0.1) is 11.3 Å². The maximum atomic E-state index is 12.6. The van der Waals surface area contributed by atoms with Crippen LogP contribution in [-0.2, 0) is 11.3 Å². The van der Waals surface area contributed by atoms with Crippen molar-refractivity contribution in [2.24, 2.45) is 0 Å². The molecule has 2 amide bonds. The minimum atomic E-state index is -0.153. The number of hydrogen-bond acceptors (Lipinski definition) is 6. The summed E-state index contributed by atoms with van der Waals surface area (Å²) in [7, 11) is 1.60. The number of carbonyl (C=O) groups excluding carboxylic acids is 1. The highest BCUT2D eigenvalue weighted by molar-refractivity contribution is 7.09. The quantitative estimate of drug-likeness (QED) is 0.930. The van der Waals surface area contributed by atoms with E-state index in [0.717, 1.165) is 35.8 Å². The van der Waals surface area contributed by atoms with Gasteiger partial charge >= 0.3 is 6.03 Å². The summed E-state index contributed by atoms with van der Waals surface area (Å²) < 4.78 is 5.04. The Morgan fingerprint density at radius 1 is 1.52 bits per heavy atom. The van der Waals surface area contributed by atoms with Gasteiger partial charge in [0.15, 0.2) is 0 Å². The van der Waals surface area contributed by atoms with Crippen molar-refractivity contribution >= 4 is 23.2 Å². The molecule has 0 unspecified atom stereocenters. The molecule has 0 bridgehead atoms. The van der Waals surface area contributed by atoms with E-state index >= 15 is 0 Å². The summed E-state index contributed by atoms with van der Waals surface area (Å²) >= 11 is 1.61. The Bertz CT molecular complexity index is 690. The molecule has 122 valence electrons. The molecule has 3 heterocycles. The van der Waals surface area contributed by atoms with Crippen LogP contribution in [0.4, 0.5) is 10.6 Å². The van der Waals surface area contributed by atoms with Crippen LogP contribution in [0.25, 0.3) is 0 Å². The molecule has 0 aliphatic carbocycles. The van der Waals surface area contributed by atoms with Crippen LogP contribution in [-0.4, -0.2) is 39.5 Å². The summed E-state index contributed by atoms with van der Waals surface area (Å²) in [6.07, 6.45) is 3.35. The number of thiazole rings is 1. The van der Waals surface area contributed by atoms with E-state index < -0.39 is 0 Å². The van der Waals surface area contributed by atoms with Crippen molar-refractivity contribution in [2.75, 3.05) is 19.0 Å². The Labute approximate surface area is 138 Å². The molecule has 7 nitrogen and oxygen atoms in total. The van der Waals surface area contributed by atoms with Gasteiger partial charge in [-0.05, 0) is 19.8 Å². The van der Waals surface area contributed by atoms with Crippen molar-refractivity contribution in [3.8, 4) is 0 Å². The number of ether oxygens (including phenoxy) is 1. The first-order valence-corrected chi connectivity index (χ1v) is 8.35. The Hall–Kier alpha value is -2.06. The number of nitrogens with one attached hydrogen (secondary N) is 1. The predicted molar refractivity (Wildman–Crippen MR) is 87.3 cm³/mol. The van der Waals surface area contributed by atoms with E-state index in [1.54, 1.807) is 24.5 Å². The summed E-state index contributed by atoms with van der Waals surface area (Å²) in [5.74, 6) is 0.483. The molecule has 2 aromatic heterocycles. The second kappa shape index (κ2) is 7.01. The number of methoxy groups -OCH3 is 1. The number of rotatable bonds is 4. The van der Waals surface area contributed by atoms with E-state index in [-0.39, 0.29) is 12.1 Å². The predicted octanol–water partition coefficient (Wildman–Crippen LogP) is 2.76. The van der Waals surface area contributed by atoms with Crippen LogP contribution in [0.3, 0.4) is 0 Å². The van der Waals surface area contributed by atoms with Gasteiger partial charge in [-0.1, -0.05) is 0 Å². The lowest BCUT2D eigenvalue weighted by atomic mass is 10.2. The Kier molecular flexibility index (Phi) is 4.82. The molecule has 1 atom stereocenters. The van der Waals surface area contributed by atoms with E-state index in [2.05, 4.69) is 20.3 Å². The number of nitrogens with zero attached hydrogens (tertiary/aromatic N) is 4. The van der Waals surface area contributed by atoms with Crippen molar-refractivity contribution in [1.82, 2.24) is 19.9 Å². The van der Waals surface area contributed by atoms with Crippen LogP contribution in [0.15, 0.2) is 17.8 Å². The lowest BCUT2D eigenvalue weighted by molar-refractivity contribution is 0.181. The zero-order valence-electron chi connectivity index (χ0n) is 13.2. The lowest BCUT2D eigenvalue weighted by Gasteiger charge is -2.23. The SMILES string of the molecule is COCc1cc(NC(=O)N2CCC[C@@H]2c2csc(C)n2)ncn1. The van der Waals surface area contributed by atoms with Gasteiger partial charge in [0.1, 0.15) is 12.1 Å². The first-order valence-electron chi connectivity index (χ1n) is 7.47. The number of aryl methyl sites for hydroxylation is 1. The van der Waals surface area contributed by atoms with E-state index in [4.69, 9.17) is 4.74 Å². The van der Waals surface area contributed by atoms with Crippen molar-refractivity contribution in [3.63, 3.8) is 0 Å². The molecule has 23 heavy (non-hydrogen) atoms. The fourth-order valence-corrected chi connectivity index (χ4v) is 3.38. The average Bonchev–Trinajstić information content (AvgIpc) is 3.16. The topological polar surface area (TPSA) is 80.2 Å². The van der Waals surface area contributed by atoms with E-state index in [9.17, 15) is 4.79 Å². The lowest BCUT2D eigenvalue weighted by Crippen LogP contribution is -2.34. The number of urea groups is 1. The molecule has 0 aromatic carbocycles. The Balaban J connectivity index is 1.71. The molecule has 0 spiro atoms. The fraction of sp³-hybridized carbons (Fsp3) is 0.467. The maximum absolute atomic E-state index is 12.6. The summed E-state index contributed by atoms with van der Waals surface area (Å²) in [5, 5.41) is 5.90. The standard InChI is InChI=1S/C15H19N5O2S/c1-10-18-12(8-23-10)13-4-3-5-20(13)15(21)19-14-6-11(7-22-2)16-9-17-14/h6,8-9,13H,3-5,7H2,1-2H3,(H,16,17,19,21)/t13-/m1/s1. The van der Waals surface area contributed by atoms with E-state index in [1.165, 1.54) is 6.33 Å². The highest BCUT2D eigenvalue weighted by Crippen LogP contribution is 2.32. The average molecular weight is 333 g/mol. The van der Waals surface area contributed by atoms with Gasteiger partial charge in [0.2, 0.25) is 0 Å². The van der Waals surface area contributed by atoms with E-state index in [0.29, 0.717) is 12.4 Å².